The molecule has 4 nitrogen and oxygen atoms in total. The third-order valence-electron chi connectivity index (χ3n) is 1.98. The van der Waals surface area contributed by atoms with Gasteiger partial charge in [-0.2, -0.15) is 4.31 Å². The van der Waals surface area contributed by atoms with Gasteiger partial charge in [0.05, 0.1) is 18.5 Å². The molecule has 0 fully saturated rings. The molecule has 0 unspecified atom stereocenters. The summed E-state index contributed by atoms with van der Waals surface area (Å²) in [5.74, 6) is 0. The molecule has 1 aromatic heterocycles. The molecular formula is C11H16N2O2S. The molecule has 0 saturated carbocycles. The second-order valence-corrected chi connectivity index (χ2v) is 5.79. The Kier molecular flexibility index (Phi) is 4.20. The van der Waals surface area contributed by atoms with Crippen LogP contribution in [0.15, 0.2) is 36.5 Å². The Balaban J connectivity index is 2.84. The van der Waals surface area contributed by atoms with Crippen LogP contribution >= 0.6 is 0 Å². The fraction of sp³-hybridized carbons (Fsp3) is 0.364. The summed E-state index contributed by atoms with van der Waals surface area (Å²) in [7, 11) is -3.23. The van der Waals surface area contributed by atoms with Crippen LogP contribution in [0.3, 0.4) is 0 Å². The van der Waals surface area contributed by atoms with E-state index in [2.05, 4.69) is 11.6 Å². The van der Waals surface area contributed by atoms with Gasteiger partial charge in [-0.25, -0.2) is 8.42 Å². The van der Waals surface area contributed by atoms with E-state index >= 15 is 0 Å². The van der Waals surface area contributed by atoms with E-state index in [1.165, 1.54) is 10.6 Å². The number of pyridine rings is 1. The fourth-order valence-electron chi connectivity index (χ4n) is 1.26. The lowest BCUT2D eigenvalue weighted by Crippen LogP contribution is -2.31. The summed E-state index contributed by atoms with van der Waals surface area (Å²) in [6.07, 6.45) is 2.84. The minimum Gasteiger partial charge on any atom is -0.260 e. The van der Waals surface area contributed by atoms with Crippen molar-refractivity contribution < 1.29 is 8.42 Å². The third-order valence-corrected chi connectivity index (χ3v) is 3.18. The van der Waals surface area contributed by atoms with Gasteiger partial charge in [0.2, 0.25) is 10.0 Å². The van der Waals surface area contributed by atoms with Crippen molar-refractivity contribution in [1.82, 2.24) is 9.29 Å². The van der Waals surface area contributed by atoms with Gasteiger partial charge in [-0.15, -0.1) is 0 Å². The van der Waals surface area contributed by atoms with E-state index in [4.69, 9.17) is 0 Å². The van der Waals surface area contributed by atoms with E-state index in [0.29, 0.717) is 6.54 Å². The normalized spacial score (nSPS) is 11.7. The molecule has 1 rings (SSSR count). The van der Waals surface area contributed by atoms with E-state index in [1.54, 1.807) is 25.3 Å². The number of hydrogen-bond acceptors (Lipinski definition) is 3. The predicted molar refractivity (Wildman–Crippen MR) is 64.3 cm³/mol. The van der Waals surface area contributed by atoms with Crippen molar-refractivity contribution in [2.75, 3.05) is 12.8 Å². The topological polar surface area (TPSA) is 50.3 Å². The van der Waals surface area contributed by atoms with Crippen LogP contribution in [0.1, 0.15) is 12.6 Å². The van der Waals surface area contributed by atoms with Gasteiger partial charge >= 0.3 is 0 Å². The van der Waals surface area contributed by atoms with Crippen LogP contribution in [0.5, 0.6) is 0 Å². The molecule has 0 amide bonds. The molecule has 5 heteroatoms. The molecule has 0 atom stereocenters. The Labute approximate surface area is 96.7 Å². The second-order valence-electron chi connectivity index (χ2n) is 3.81. The minimum atomic E-state index is -3.23. The van der Waals surface area contributed by atoms with Crippen LogP contribution in [-0.4, -0.2) is 30.5 Å². The molecule has 88 valence electrons. The fourth-order valence-corrected chi connectivity index (χ4v) is 2.09. The summed E-state index contributed by atoms with van der Waals surface area (Å²) < 4.78 is 24.4. The van der Waals surface area contributed by atoms with Gasteiger partial charge in [-0.05, 0) is 19.1 Å². The molecule has 0 aromatic carbocycles. The molecular weight excluding hydrogens is 224 g/mol. The molecule has 0 aliphatic heterocycles. The zero-order valence-electron chi connectivity index (χ0n) is 9.55. The Bertz CT molecular complexity index is 454. The molecule has 0 radical (unpaired) electrons. The Hall–Kier alpha value is -1.20. The average molecular weight is 240 g/mol. The van der Waals surface area contributed by atoms with Crippen molar-refractivity contribution in [2.24, 2.45) is 0 Å². The van der Waals surface area contributed by atoms with Gasteiger partial charge in [0, 0.05) is 12.7 Å². The van der Waals surface area contributed by atoms with Crippen LogP contribution in [0.4, 0.5) is 0 Å². The van der Waals surface area contributed by atoms with Crippen LogP contribution < -0.4 is 0 Å². The molecule has 0 aliphatic carbocycles. The summed E-state index contributed by atoms with van der Waals surface area (Å²) >= 11 is 0. The van der Waals surface area contributed by atoms with Crippen molar-refractivity contribution >= 4 is 10.0 Å². The van der Waals surface area contributed by atoms with Gasteiger partial charge in [0.15, 0.2) is 0 Å². The third kappa shape index (κ3) is 4.12. The molecule has 1 heterocycles. The SMILES string of the molecule is C=C(C)CN(Cc1ccccn1)S(C)(=O)=O. The zero-order chi connectivity index (χ0) is 12.2. The first-order valence-electron chi connectivity index (χ1n) is 4.89. The highest BCUT2D eigenvalue weighted by Crippen LogP contribution is 2.08. The Morgan fingerprint density at radius 1 is 1.50 bits per heavy atom. The zero-order valence-corrected chi connectivity index (χ0v) is 10.4. The van der Waals surface area contributed by atoms with Gasteiger partial charge in [-0.1, -0.05) is 18.2 Å². The largest absolute Gasteiger partial charge is 0.260 e. The van der Waals surface area contributed by atoms with Crippen LogP contribution in [-0.2, 0) is 16.6 Å². The van der Waals surface area contributed by atoms with Crippen molar-refractivity contribution in [1.29, 1.82) is 0 Å². The van der Waals surface area contributed by atoms with Gasteiger partial charge in [0.25, 0.3) is 0 Å². The Morgan fingerprint density at radius 3 is 2.62 bits per heavy atom. The predicted octanol–water partition coefficient (Wildman–Crippen LogP) is 1.42. The maximum atomic E-state index is 11.5. The number of rotatable bonds is 5. The maximum absolute atomic E-state index is 11.5. The molecule has 1 aromatic rings. The van der Waals surface area contributed by atoms with Crippen molar-refractivity contribution in [3.05, 3.63) is 42.2 Å². The van der Waals surface area contributed by atoms with E-state index in [0.717, 1.165) is 11.3 Å². The number of nitrogens with zero attached hydrogens (tertiary/aromatic N) is 2. The molecule has 0 saturated heterocycles. The lowest BCUT2D eigenvalue weighted by Gasteiger charge is -2.19. The highest BCUT2D eigenvalue weighted by Gasteiger charge is 2.17. The highest BCUT2D eigenvalue weighted by atomic mass is 32.2. The highest BCUT2D eigenvalue weighted by molar-refractivity contribution is 7.88. The monoisotopic (exact) mass is 240 g/mol. The lowest BCUT2D eigenvalue weighted by molar-refractivity contribution is 0.431. The second kappa shape index (κ2) is 5.23. The number of hydrogen-bond donors (Lipinski definition) is 0. The van der Waals surface area contributed by atoms with Crippen LogP contribution in [0, 0.1) is 0 Å². The first-order chi connectivity index (χ1) is 7.39. The number of sulfonamides is 1. The first-order valence-corrected chi connectivity index (χ1v) is 6.74. The van der Waals surface area contributed by atoms with Crippen LogP contribution in [0.2, 0.25) is 0 Å². The van der Waals surface area contributed by atoms with Gasteiger partial charge < -0.3 is 0 Å². The van der Waals surface area contributed by atoms with E-state index < -0.39 is 10.0 Å². The summed E-state index contributed by atoms with van der Waals surface area (Å²) in [4.78, 5) is 4.10. The van der Waals surface area contributed by atoms with E-state index in [-0.39, 0.29) is 6.54 Å². The lowest BCUT2D eigenvalue weighted by atomic mass is 10.3. The first kappa shape index (κ1) is 12.9. The van der Waals surface area contributed by atoms with Gasteiger partial charge in [0.1, 0.15) is 0 Å². The number of aromatic nitrogens is 1. The van der Waals surface area contributed by atoms with Crippen molar-refractivity contribution in [2.45, 2.75) is 13.5 Å². The molecule has 0 N–H and O–H groups in total. The molecule has 16 heavy (non-hydrogen) atoms. The maximum Gasteiger partial charge on any atom is 0.211 e. The summed E-state index contributed by atoms with van der Waals surface area (Å²) in [5, 5.41) is 0. The quantitative estimate of drug-likeness (QED) is 0.731. The van der Waals surface area contributed by atoms with Crippen molar-refractivity contribution in [3.8, 4) is 0 Å². The molecule has 0 aliphatic rings. The average Bonchev–Trinajstić information content (AvgIpc) is 2.16. The van der Waals surface area contributed by atoms with E-state index in [1.807, 2.05) is 6.07 Å². The molecule has 0 bridgehead atoms. The smallest absolute Gasteiger partial charge is 0.211 e. The molecule has 0 spiro atoms. The Morgan fingerprint density at radius 2 is 2.19 bits per heavy atom. The van der Waals surface area contributed by atoms with Crippen LogP contribution in [0.25, 0.3) is 0 Å². The standard InChI is InChI=1S/C11H16N2O2S/c1-10(2)8-13(16(3,14)15)9-11-6-4-5-7-12-11/h4-7H,1,8-9H2,2-3H3. The van der Waals surface area contributed by atoms with Gasteiger partial charge in [-0.3, -0.25) is 4.98 Å². The summed E-state index contributed by atoms with van der Waals surface area (Å²) in [6, 6.07) is 5.44. The summed E-state index contributed by atoms with van der Waals surface area (Å²) in [6.45, 7) is 6.14. The minimum absolute atomic E-state index is 0.284. The summed E-state index contributed by atoms with van der Waals surface area (Å²) in [5.41, 5.74) is 1.54. The van der Waals surface area contributed by atoms with Crippen molar-refractivity contribution in [3.63, 3.8) is 0 Å². The van der Waals surface area contributed by atoms with E-state index in [9.17, 15) is 8.42 Å².